The van der Waals surface area contributed by atoms with Crippen molar-refractivity contribution < 1.29 is 4.42 Å². The minimum Gasteiger partial charge on any atom is -0.388 e. The second-order valence-corrected chi connectivity index (χ2v) is 2.22. The SMILES string of the molecule is N#[N+]c1cc2ccccc2o1. The van der Waals surface area contributed by atoms with Crippen molar-refractivity contribution in [3.8, 4) is 0 Å². The van der Waals surface area contributed by atoms with Crippen LogP contribution < -0.4 is 0 Å². The lowest BCUT2D eigenvalue weighted by Gasteiger charge is -1.80. The molecule has 0 atom stereocenters. The first kappa shape index (κ1) is 5.93. The first-order valence-corrected chi connectivity index (χ1v) is 3.24. The standard InChI is InChI=1S/C8H5N2O/c9-10-8-5-6-3-1-2-4-7(6)11-8/h1-5H/q+1. The number of hydrogen-bond acceptors (Lipinski definition) is 2. The average Bonchev–Trinajstić information content (AvgIpc) is 2.46. The third-order valence-electron chi connectivity index (χ3n) is 1.51. The summed E-state index contributed by atoms with van der Waals surface area (Å²) >= 11 is 0. The van der Waals surface area contributed by atoms with Gasteiger partial charge >= 0.3 is 5.88 Å². The molecule has 0 aliphatic rings. The van der Waals surface area contributed by atoms with E-state index in [0.717, 1.165) is 11.0 Å². The highest BCUT2D eigenvalue weighted by Crippen LogP contribution is 2.24. The van der Waals surface area contributed by atoms with Crippen LogP contribution in [0.25, 0.3) is 15.9 Å². The van der Waals surface area contributed by atoms with Crippen LogP contribution in [0.2, 0.25) is 0 Å². The van der Waals surface area contributed by atoms with Crippen molar-refractivity contribution in [2.24, 2.45) is 0 Å². The first-order valence-electron chi connectivity index (χ1n) is 3.24. The van der Waals surface area contributed by atoms with Crippen molar-refractivity contribution in [3.63, 3.8) is 0 Å². The number of hydrogen-bond donors (Lipinski definition) is 0. The summed E-state index contributed by atoms with van der Waals surface area (Å²) in [5.74, 6) is 0.242. The molecule has 1 heterocycles. The normalized spacial score (nSPS) is 9.73. The van der Waals surface area contributed by atoms with Crippen LogP contribution >= 0.6 is 0 Å². The number of fused-ring (bicyclic) bond motifs is 1. The van der Waals surface area contributed by atoms with Gasteiger partial charge in [0.2, 0.25) is 10.4 Å². The predicted molar refractivity (Wildman–Crippen MR) is 41.0 cm³/mol. The van der Waals surface area contributed by atoms with E-state index in [1.165, 1.54) is 0 Å². The Balaban J connectivity index is 2.81. The Hall–Kier alpha value is -1.82. The van der Waals surface area contributed by atoms with Crippen LogP contribution in [0.15, 0.2) is 34.7 Å². The molecule has 0 aliphatic heterocycles. The van der Waals surface area contributed by atoms with Crippen LogP contribution in [-0.4, -0.2) is 0 Å². The Labute approximate surface area is 62.9 Å². The molecule has 2 aromatic rings. The number of furan rings is 1. The van der Waals surface area contributed by atoms with Crippen molar-refractivity contribution in [1.29, 1.82) is 5.39 Å². The third-order valence-corrected chi connectivity index (χ3v) is 1.51. The molecule has 0 fully saturated rings. The molecule has 1 aromatic heterocycles. The summed E-state index contributed by atoms with van der Waals surface area (Å²) < 4.78 is 5.10. The van der Waals surface area contributed by atoms with Crippen LogP contribution in [0, 0.1) is 5.39 Å². The number of nitrogens with zero attached hydrogens (tertiary/aromatic N) is 2. The van der Waals surface area contributed by atoms with E-state index in [9.17, 15) is 0 Å². The molecule has 0 bridgehead atoms. The second kappa shape index (κ2) is 2.10. The van der Waals surface area contributed by atoms with Gasteiger partial charge in [-0.1, -0.05) is 18.2 Å². The molecule has 0 spiro atoms. The van der Waals surface area contributed by atoms with Crippen LogP contribution in [-0.2, 0) is 0 Å². The Morgan fingerprint density at radius 2 is 2.09 bits per heavy atom. The quantitative estimate of drug-likeness (QED) is 0.535. The highest BCUT2D eigenvalue weighted by atomic mass is 16.3. The Bertz CT molecular complexity index is 392. The molecule has 2 rings (SSSR count). The summed E-state index contributed by atoms with van der Waals surface area (Å²) in [5.41, 5.74) is 0.736. The lowest BCUT2D eigenvalue weighted by Crippen LogP contribution is -1.57. The summed E-state index contributed by atoms with van der Waals surface area (Å²) in [5, 5.41) is 9.31. The van der Waals surface area contributed by atoms with Gasteiger partial charge in [0.25, 0.3) is 0 Å². The Morgan fingerprint density at radius 3 is 2.82 bits per heavy atom. The van der Waals surface area contributed by atoms with E-state index in [1.54, 1.807) is 6.07 Å². The second-order valence-electron chi connectivity index (χ2n) is 2.22. The average molecular weight is 145 g/mol. The largest absolute Gasteiger partial charge is 0.552 e. The molecule has 0 unspecified atom stereocenters. The Morgan fingerprint density at radius 1 is 1.27 bits per heavy atom. The molecule has 0 N–H and O–H groups in total. The predicted octanol–water partition coefficient (Wildman–Crippen LogP) is 2.92. The zero-order chi connectivity index (χ0) is 7.68. The summed E-state index contributed by atoms with van der Waals surface area (Å²) in [4.78, 5) is 2.94. The van der Waals surface area contributed by atoms with Crippen LogP contribution in [0.3, 0.4) is 0 Å². The number of benzene rings is 1. The monoisotopic (exact) mass is 145 g/mol. The molecule has 3 heteroatoms. The summed E-state index contributed by atoms with van der Waals surface area (Å²) in [7, 11) is 0. The van der Waals surface area contributed by atoms with Gasteiger partial charge < -0.3 is 4.42 Å². The van der Waals surface area contributed by atoms with Crippen LogP contribution in [0.1, 0.15) is 0 Å². The van der Waals surface area contributed by atoms with E-state index in [2.05, 4.69) is 4.98 Å². The minimum atomic E-state index is 0.242. The highest BCUT2D eigenvalue weighted by molar-refractivity contribution is 5.80. The van der Waals surface area contributed by atoms with E-state index in [1.807, 2.05) is 24.3 Å². The fraction of sp³-hybridized carbons (Fsp3) is 0. The lowest BCUT2D eigenvalue weighted by atomic mass is 10.3. The van der Waals surface area contributed by atoms with E-state index >= 15 is 0 Å². The lowest BCUT2D eigenvalue weighted by molar-refractivity contribution is 0.640. The Kier molecular flexibility index (Phi) is 1.13. The van der Waals surface area contributed by atoms with Crippen molar-refractivity contribution in [2.45, 2.75) is 0 Å². The topological polar surface area (TPSA) is 41.3 Å². The number of para-hydroxylation sites is 1. The van der Waals surface area contributed by atoms with E-state index in [0.29, 0.717) is 0 Å². The molecule has 0 radical (unpaired) electrons. The summed E-state index contributed by atoms with van der Waals surface area (Å²) in [6, 6.07) is 9.17. The van der Waals surface area contributed by atoms with E-state index < -0.39 is 0 Å². The number of diazo groups is 1. The minimum absolute atomic E-state index is 0.242. The molecule has 0 saturated heterocycles. The van der Waals surface area contributed by atoms with Gasteiger partial charge in [-0.25, -0.2) is 0 Å². The van der Waals surface area contributed by atoms with E-state index in [4.69, 9.17) is 9.81 Å². The van der Waals surface area contributed by atoms with Gasteiger partial charge in [0.05, 0.1) is 6.07 Å². The van der Waals surface area contributed by atoms with Gasteiger partial charge in [0.1, 0.15) is 5.58 Å². The number of rotatable bonds is 0. The maximum Gasteiger partial charge on any atom is 0.552 e. The molecule has 3 nitrogen and oxygen atoms in total. The van der Waals surface area contributed by atoms with Crippen molar-refractivity contribution in [2.75, 3.05) is 0 Å². The first-order chi connectivity index (χ1) is 5.40. The maximum atomic E-state index is 8.37. The zero-order valence-corrected chi connectivity index (χ0v) is 5.69. The highest BCUT2D eigenvalue weighted by Gasteiger charge is 2.11. The van der Waals surface area contributed by atoms with Crippen LogP contribution in [0.4, 0.5) is 5.88 Å². The molecular weight excluding hydrogens is 140 g/mol. The summed E-state index contributed by atoms with van der Waals surface area (Å²) in [6.07, 6.45) is 0. The van der Waals surface area contributed by atoms with Crippen LogP contribution in [0.5, 0.6) is 0 Å². The fourth-order valence-electron chi connectivity index (χ4n) is 1.02. The van der Waals surface area contributed by atoms with Gasteiger partial charge in [-0.05, 0) is 6.07 Å². The molecule has 0 saturated carbocycles. The van der Waals surface area contributed by atoms with Crippen molar-refractivity contribution in [1.82, 2.24) is 0 Å². The summed E-state index contributed by atoms with van der Waals surface area (Å²) in [6.45, 7) is 0. The molecular formula is C8H5N2O+. The van der Waals surface area contributed by atoms with Crippen molar-refractivity contribution in [3.05, 3.63) is 35.3 Å². The van der Waals surface area contributed by atoms with Gasteiger partial charge in [-0.15, -0.1) is 0 Å². The van der Waals surface area contributed by atoms with Gasteiger partial charge in [0.15, 0.2) is 0 Å². The smallest absolute Gasteiger partial charge is 0.388 e. The van der Waals surface area contributed by atoms with Gasteiger partial charge in [-0.2, -0.15) is 0 Å². The molecule has 52 valence electrons. The van der Waals surface area contributed by atoms with Gasteiger partial charge in [0, 0.05) is 5.39 Å². The molecule has 0 amide bonds. The zero-order valence-electron chi connectivity index (χ0n) is 5.69. The molecule has 1 aromatic carbocycles. The molecule has 0 aliphatic carbocycles. The fourth-order valence-corrected chi connectivity index (χ4v) is 1.02. The van der Waals surface area contributed by atoms with Gasteiger partial charge in [-0.3, -0.25) is 0 Å². The van der Waals surface area contributed by atoms with E-state index in [-0.39, 0.29) is 5.88 Å². The maximum absolute atomic E-state index is 8.37. The third kappa shape index (κ3) is 0.849. The molecule has 11 heavy (non-hydrogen) atoms. The van der Waals surface area contributed by atoms with Crippen molar-refractivity contribution >= 4 is 16.9 Å².